The first kappa shape index (κ1) is 12.9. The van der Waals surface area contributed by atoms with Crippen LogP contribution in [0.5, 0.6) is 0 Å². The third-order valence-corrected chi connectivity index (χ3v) is 3.34. The van der Waals surface area contributed by atoms with E-state index in [4.69, 9.17) is 4.74 Å². The first-order valence-corrected chi connectivity index (χ1v) is 6.34. The fourth-order valence-corrected chi connectivity index (χ4v) is 2.37. The van der Waals surface area contributed by atoms with Gasteiger partial charge in [0.15, 0.2) is 5.90 Å². The van der Waals surface area contributed by atoms with Crippen LogP contribution in [0.15, 0.2) is 29.9 Å². The Bertz CT molecular complexity index is 422. The summed E-state index contributed by atoms with van der Waals surface area (Å²) in [5.74, 6) is 1.17. The van der Waals surface area contributed by atoms with Gasteiger partial charge < -0.3 is 14.6 Å². The second-order valence-electron chi connectivity index (χ2n) is 4.79. The van der Waals surface area contributed by atoms with Gasteiger partial charge in [-0.15, -0.1) is 0 Å². The fourth-order valence-electron chi connectivity index (χ4n) is 2.37. The highest BCUT2D eigenvalue weighted by atomic mass is 16.5. The number of aromatic nitrogens is 1. The Morgan fingerprint density at radius 2 is 2.44 bits per heavy atom. The van der Waals surface area contributed by atoms with Crippen molar-refractivity contribution in [3.8, 4) is 0 Å². The maximum Gasteiger partial charge on any atom is 0.192 e. The Hall–Kier alpha value is -1.55. The zero-order valence-electron chi connectivity index (χ0n) is 11.1. The Labute approximate surface area is 108 Å². The predicted octanol–water partition coefficient (Wildman–Crippen LogP) is 2.37. The van der Waals surface area contributed by atoms with Gasteiger partial charge in [-0.25, -0.2) is 4.99 Å². The molecule has 0 saturated carbocycles. The largest absolute Gasteiger partial charge is 0.484 e. The van der Waals surface area contributed by atoms with Crippen molar-refractivity contribution in [2.75, 3.05) is 27.2 Å². The van der Waals surface area contributed by atoms with Crippen LogP contribution in [0.4, 0.5) is 0 Å². The van der Waals surface area contributed by atoms with Crippen molar-refractivity contribution in [1.29, 1.82) is 0 Å². The highest BCUT2D eigenvalue weighted by molar-refractivity contribution is 5.84. The topological polar surface area (TPSA) is 40.6 Å². The van der Waals surface area contributed by atoms with Crippen LogP contribution in [-0.2, 0) is 4.74 Å². The van der Waals surface area contributed by atoms with Crippen LogP contribution >= 0.6 is 0 Å². The van der Waals surface area contributed by atoms with Gasteiger partial charge in [-0.2, -0.15) is 0 Å². The number of hydrogen-bond donors (Lipinski definition) is 1. The fraction of sp³-hybridized carbons (Fsp3) is 0.500. The second-order valence-corrected chi connectivity index (χ2v) is 4.79. The summed E-state index contributed by atoms with van der Waals surface area (Å²) in [7, 11) is 3.83. The lowest BCUT2D eigenvalue weighted by atomic mass is 9.98. The number of methoxy groups -OCH3 is 1. The van der Waals surface area contributed by atoms with Gasteiger partial charge >= 0.3 is 0 Å². The molecular formula is C14H21N3O. The second kappa shape index (κ2) is 5.87. The molecule has 4 nitrogen and oxygen atoms in total. The van der Waals surface area contributed by atoms with Crippen LogP contribution in [0, 0.1) is 5.92 Å². The van der Waals surface area contributed by atoms with Crippen LogP contribution in [-0.4, -0.2) is 43.0 Å². The van der Waals surface area contributed by atoms with Crippen LogP contribution < -0.4 is 0 Å². The van der Waals surface area contributed by atoms with Gasteiger partial charge in [0.25, 0.3) is 0 Å². The Balaban J connectivity index is 2.10. The van der Waals surface area contributed by atoms with Crippen LogP contribution in [0.25, 0.3) is 5.70 Å². The molecule has 1 atom stereocenters. The summed E-state index contributed by atoms with van der Waals surface area (Å²) in [6, 6.07) is 3.91. The molecule has 18 heavy (non-hydrogen) atoms. The summed E-state index contributed by atoms with van der Waals surface area (Å²) in [5.41, 5.74) is 1.67. The maximum atomic E-state index is 5.46. The molecule has 1 aromatic rings. The van der Waals surface area contributed by atoms with Gasteiger partial charge in [0.2, 0.25) is 0 Å². The maximum absolute atomic E-state index is 5.46. The number of hydrogen-bond acceptors (Lipinski definition) is 3. The number of likely N-dealkylation sites (tertiary alicyclic amines) is 1. The molecule has 1 fully saturated rings. The zero-order chi connectivity index (χ0) is 13.0. The van der Waals surface area contributed by atoms with Gasteiger partial charge in [-0.3, -0.25) is 0 Å². The van der Waals surface area contributed by atoms with E-state index in [9.17, 15) is 0 Å². The van der Waals surface area contributed by atoms with E-state index >= 15 is 0 Å². The molecule has 0 unspecified atom stereocenters. The number of aromatic amines is 1. The van der Waals surface area contributed by atoms with Crippen molar-refractivity contribution in [3.63, 3.8) is 0 Å². The zero-order valence-corrected chi connectivity index (χ0v) is 11.1. The standard InChI is InChI=1S/C14H21N3O/c1-11(13-7-4-8-15-13)16-14(18-3)12-6-5-9-17(2)10-12/h4,7-8,12,15H,1,5-6,9-10H2,2-3H3/t12-/m0/s1. The molecule has 1 aliphatic heterocycles. The number of nitrogens with one attached hydrogen (secondary N) is 1. The minimum Gasteiger partial charge on any atom is -0.484 e. The molecule has 0 spiro atoms. The number of piperidine rings is 1. The molecule has 0 radical (unpaired) electrons. The number of aliphatic imine (C=N–C) groups is 1. The minimum absolute atomic E-state index is 0.375. The molecule has 2 heterocycles. The van der Waals surface area contributed by atoms with E-state index in [1.165, 1.54) is 6.42 Å². The predicted molar refractivity (Wildman–Crippen MR) is 74.5 cm³/mol. The smallest absolute Gasteiger partial charge is 0.192 e. The first-order valence-electron chi connectivity index (χ1n) is 6.34. The summed E-state index contributed by atoms with van der Waals surface area (Å²) in [6.45, 7) is 6.15. The Morgan fingerprint density at radius 3 is 3.06 bits per heavy atom. The van der Waals surface area contributed by atoms with E-state index in [0.29, 0.717) is 5.92 Å². The third-order valence-electron chi connectivity index (χ3n) is 3.34. The molecule has 0 amide bonds. The first-order chi connectivity index (χ1) is 8.70. The number of rotatable bonds is 3. The SMILES string of the molecule is C=C(N=C(OC)[C@H]1CCCN(C)C1)c1ccc[nH]1. The number of ether oxygens (including phenoxy) is 1. The summed E-state index contributed by atoms with van der Waals surface area (Å²) >= 11 is 0. The highest BCUT2D eigenvalue weighted by Gasteiger charge is 2.23. The molecule has 0 aliphatic carbocycles. The minimum atomic E-state index is 0.375. The molecule has 0 aromatic carbocycles. The van der Waals surface area contributed by atoms with E-state index in [2.05, 4.69) is 28.5 Å². The molecule has 4 heteroatoms. The van der Waals surface area contributed by atoms with Crippen LogP contribution in [0.1, 0.15) is 18.5 Å². The van der Waals surface area contributed by atoms with Crippen molar-refractivity contribution in [2.45, 2.75) is 12.8 Å². The molecular weight excluding hydrogens is 226 g/mol. The highest BCUT2D eigenvalue weighted by Crippen LogP contribution is 2.20. The molecule has 1 N–H and O–H groups in total. The lowest BCUT2D eigenvalue weighted by Crippen LogP contribution is -2.36. The van der Waals surface area contributed by atoms with E-state index in [1.807, 2.05) is 18.3 Å². The molecule has 1 aliphatic rings. The molecule has 2 rings (SSSR count). The monoisotopic (exact) mass is 247 g/mol. The van der Waals surface area contributed by atoms with E-state index in [-0.39, 0.29) is 0 Å². The lowest BCUT2D eigenvalue weighted by molar-refractivity contribution is 0.224. The summed E-state index contributed by atoms with van der Waals surface area (Å²) in [5, 5.41) is 0. The Kier molecular flexibility index (Phi) is 4.20. The quantitative estimate of drug-likeness (QED) is 0.658. The summed E-state index contributed by atoms with van der Waals surface area (Å²) < 4.78 is 5.46. The molecule has 98 valence electrons. The lowest BCUT2D eigenvalue weighted by Gasteiger charge is -2.29. The van der Waals surface area contributed by atoms with Gasteiger partial charge in [0, 0.05) is 18.7 Å². The van der Waals surface area contributed by atoms with E-state index in [0.717, 1.165) is 36.8 Å². The summed E-state index contributed by atoms with van der Waals surface area (Å²) in [4.78, 5) is 9.96. The molecule has 1 aromatic heterocycles. The van der Waals surface area contributed by atoms with Crippen molar-refractivity contribution in [1.82, 2.24) is 9.88 Å². The normalized spacial score (nSPS) is 21.9. The van der Waals surface area contributed by atoms with E-state index < -0.39 is 0 Å². The van der Waals surface area contributed by atoms with Gasteiger partial charge in [-0.05, 0) is 38.6 Å². The Morgan fingerprint density at radius 1 is 1.61 bits per heavy atom. The van der Waals surface area contributed by atoms with Crippen molar-refractivity contribution in [2.24, 2.45) is 10.9 Å². The van der Waals surface area contributed by atoms with Gasteiger partial charge in [0.1, 0.15) is 0 Å². The molecule has 0 bridgehead atoms. The van der Waals surface area contributed by atoms with Gasteiger partial charge in [-0.1, -0.05) is 6.58 Å². The van der Waals surface area contributed by atoms with Crippen LogP contribution in [0.2, 0.25) is 0 Å². The van der Waals surface area contributed by atoms with Crippen molar-refractivity contribution in [3.05, 3.63) is 30.6 Å². The number of H-pyrrole nitrogens is 1. The average Bonchev–Trinajstić information content (AvgIpc) is 2.89. The van der Waals surface area contributed by atoms with Gasteiger partial charge in [0.05, 0.1) is 18.5 Å². The number of nitrogens with zero attached hydrogens (tertiary/aromatic N) is 2. The van der Waals surface area contributed by atoms with E-state index in [1.54, 1.807) is 7.11 Å². The van der Waals surface area contributed by atoms with Crippen molar-refractivity contribution >= 4 is 11.6 Å². The van der Waals surface area contributed by atoms with Crippen molar-refractivity contribution < 1.29 is 4.74 Å². The average molecular weight is 247 g/mol. The summed E-state index contributed by atoms with van der Waals surface area (Å²) in [6.07, 6.45) is 4.20. The van der Waals surface area contributed by atoms with Crippen LogP contribution in [0.3, 0.4) is 0 Å². The molecule has 1 saturated heterocycles. The third kappa shape index (κ3) is 3.01.